The van der Waals surface area contributed by atoms with Crippen LogP contribution >= 0.6 is 28.1 Å². The van der Waals surface area contributed by atoms with Crippen molar-refractivity contribution in [1.82, 2.24) is 14.8 Å². The Morgan fingerprint density at radius 1 is 1.31 bits per heavy atom. The molecule has 1 aromatic heterocycles. The first-order valence-corrected chi connectivity index (χ1v) is 5.25. The molecule has 0 aliphatic rings. The number of H-pyrrole nitrogens is 2. The Bertz CT molecular complexity index is 609. The number of aromatic amines is 2. The van der Waals surface area contributed by atoms with Crippen LogP contribution < -0.4 is 5.69 Å². The quantitative estimate of drug-likeness (QED) is 0.794. The van der Waals surface area contributed by atoms with Gasteiger partial charge in [-0.25, -0.2) is 23.2 Å². The van der Waals surface area contributed by atoms with E-state index in [1.54, 1.807) is 0 Å². The third-order valence-electron chi connectivity index (χ3n) is 1.89. The minimum Gasteiger partial charge on any atom is -0.272 e. The van der Waals surface area contributed by atoms with Crippen molar-refractivity contribution in [3.8, 4) is 5.69 Å². The summed E-state index contributed by atoms with van der Waals surface area (Å²) in [6.07, 6.45) is 0. The van der Waals surface area contributed by atoms with Gasteiger partial charge in [0.05, 0.1) is 0 Å². The van der Waals surface area contributed by atoms with Crippen LogP contribution in [0, 0.1) is 16.4 Å². The van der Waals surface area contributed by atoms with Gasteiger partial charge >= 0.3 is 5.69 Å². The summed E-state index contributed by atoms with van der Waals surface area (Å²) in [6, 6.07) is 1.72. The van der Waals surface area contributed by atoms with Crippen LogP contribution in [0.3, 0.4) is 0 Å². The lowest BCUT2D eigenvalue weighted by atomic mass is 10.3. The molecular formula is C8H4BrF2N3OS. The van der Waals surface area contributed by atoms with E-state index in [1.807, 2.05) is 0 Å². The zero-order valence-electron chi connectivity index (χ0n) is 7.55. The molecule has 1 aromatic carbocycles. The van der Waals surface area contributed by atoms with Gasteiger partial charge in [-0.15, -0.1) is 0 Å². The van der Waals surface area contributed by atoms with Gasteiger partial charge in [-0.05, 0) is 34.2 Å². The molecule has 0 amide bonds. The molecule has 0 atom stereocenters. The minimum absolute atomic E-state index is 0.00351. The van der Waals surface area contributed by atoms with Crippen LogP contribution in [0.2, 0.25) is 0 Å². The Morgan fingerprint density at radius 3 is 2.50 bits per heavy atom. The molecular weight excluding hydrogens is 304 g/mol. The Kier molecular flexibility index (Phi) is 2.76. The van der Waals surface area contributed by atoms with E-state index in [4.69, 9.17) is 12.2 Å². The van der Waals surface area contributed by atoms with Crippen molar-refractivity contribution in [3.05, 3.63) is 43.5 Å². The Labute approximate surface area is 101 Å². The summed E-state index contributed by atoms with van der Waals surface area (Å²) in [7, 11) is 0. The number of nitrogens with zero attached hydrogens (tertiary/aromatic N) is 1. The molecule has 0 saturated heterocycles. The average molecular weight is 308 g/mol. The van der Waals surface area contributed by atoms with E-state index in [1.165, 1.54) is 0 Å². The lowest BCUT2D eigenvalue weighted by Crippen LogP contribution is -2.16. The highest BCUT2D eigenvalue weighted by atomic mass is 79.9. The van der Waals surface area contributed by atoms with Gasteiger partial charge in [0.1, 0.15) is 11.5 Å². The molecule has 0 spiro atoms. The second-order valence-corrected chi connectivity index (χ2v) is 4.15. The summed E-state index contributed by atoms with van der Waals surface area (Å²) in [5.41, 5.74) is -0.759. The van der Waals surface area contributed by atoms with Gasteiger partial charge in [0, 0.05) is 10.5 Å². The van der Waals surface area contributed by atoms with Crippen molar-refractivity contribution >= 4 is 28.1 Å². The maximum absolute atomic E-state index is 13.5. The summed E-state index contributed by atoms with van der Waals surface area (Å²) in [5.74, 6) is -1.63. The summed E-state index contributed by atoms with van der Waals surface area (Å²) in [5, 5.41) is 4.56. The number of halogens is 3. The molecule has 0 aliphatic heterocycles. The van der Waals surface area contributed by atoms with Crippen LogP contribution in [0.25, 0.3) is 5.69 Å². The fourth-order valence-corrected chi connectivity index (χ4v) is 2.07. The Morgan fingerprint density at radius 2 is 2.00 bits per heavy atom. The van der Waals surface area contributed by atoms with Crippen LogP contribution in [0.15, 0.2) is 21.4 Å². The minimum atomic E-state index is -0.881. The third-order valence-corrected chi connectivity index (χ3v) is 2.78. The molecule has 0 radical (unpaired) electrons. The van der Waals surface area contributed by atoms with Gasteiger partial charge in [-0.3, -0.25) is 5.10 Å². The van der Waals surface area contributed by atoms with Crippen LogP contribution in [-0.2, 0) is 0 Å². The molecule has 1 heterocycles. The van der Waals surface area contributed by atoms with Crippen molar-refractivity contribution in [3.63, 3.8) is 0 Å². The summed E-state index contributed by atoms with van der Waals surface area (Å²) in [6.45, 7) is 0. The molecule has 16 heavy (non-hydrogen) atoms. The number of aromatic nitrogens is 3. The lowest BCUT2D eigenvalue weighted by molar-refractivity contribution is 0.574. The van der Waals surface area contributed by atoms with E-state index in [0.29, 0.717) is 6.07 Å². The predicted octanol–water partition coefficient (Wildman–Crippen LogP) is 2.26. The monoisotopic (exact) mass is 307 g/mol. The highest BCUT2D eigenvalue weighted by Gasteiger charge is 2.14. The zero-order chi connectivity index (χ0) is 11.9. The van der Waals surface area contributed by atoms with E-state index in [2.05, 4.69) is 26.1 Å². The van der Waals surface area contributed by atoms with Crippen molar-refractivity contribution < 1.29 is 8.78 Å². The van der Waals surface area contributed by atoms with Gasteiger partial charge in [-0.2, -0.15) is 0 Å². The van der Waals surface area contributed by atoms with Gasteiger partial charge in [0.2, 0.25) is 4.77 Å². The van der Waals surface area contributed by atoms with E-state index in [-0.39, 0.29) is 14.9 Å². The number of rotatable bonds is 1. The second kappa shape index (κ2) is 3.95. The first-order valence-electron chi connectivity index (χ1n) is 4.05. The molecule has 0 aliphatic carbocycles. The first kappa shape index (κ1) is 11.2. The largest absolute Gasteiger partial charge is 0.347 e. The molecule has 0 fully saturated rings. The van der Waals surface area contributed by atoms with Crippen LogP contribution in [0.1, 0.15) is 0 Å². The average Bonchev–Trinajstić information content (AvgIpc) is 2.47. The van der Waals surface area contributed by atoms with Crippen molar-refractivity contribution in [2.45, 2.75) is 0 Å². The molecule has 0 unspecified atom stereocenters. The van der Waals surface area contributed by atoms with Gasteiger partial charge in [0.15, 0.2) is 5.82 Å². The highest BCUT2D eigenvalue weighted by molar-refractivity contribution is 9.10. The molecule has 2 rings (SSSR count). The van der Waals surface area contributed by atoms with Gasteiger partial charge < -0.3 is 0 Å². The third kappa shape index (κ3) is 1.74. The summed E-state index contributed by atoms with van der Waals surface area (Å²) in [4.78, 5) is 11.4. The number of benzene rings is 1. The molecule has 0 bridgehead atoms. The van der Waals surface area contributed by atoms with Crippen LogP contribution in [0.5, 0.6) is 0 Å². The fourth-order valence-electron chi connectivity index (χ4n) is 1.26. The molecule has 4 nitrogen and oxygen atoms in total. The standard InChI is InChI=1S/C8H4BrF2N3OS/c9-4-1-3(10)2-5(11)6(4)14-7(15)12-13-8(14)16/h1-2H,(H,12,15)(H,13,16). The van der Waals surface area contributed by atoms with Gasteiger partial charge in [-0.1, -0.05) is 0 Å². The normalized spacial score (nSPS) is 10.7. The topological polar surface area (TPSA) is 53.6 Å². The molecule has 2 aromatic rings. The number of hydrogen-bond donors (Lipinski definition) is 2. The molecule has 0 saturated carbocycles. The zero-order valence-corrected chi connectivity index (χ0v) is 9.95. The van der Waals surface area contributed by atoms with Crippen molar-refractivity contribution in [2.24, 2.45) is 0 Å². The Balaban J connectivity index is 2.85. The molecule has 8 heteroatoms. The Hall–Kier alpha value is -1.28. The maximum atomic E-state index is 13.5. The van der Waals surface area contributed by atoms with Crippen LogP contribution in [0.4, 0.5) is 8.78 Å². The number of hydrogen-bond acceptors (Lipinski definition) is 2. The second-order valence-electron chi connectivity index (χ2n) is 2.91. The molecule has 84 valence electrons. The molecule has 2 N–H and O–H groups in total. The first-order chi connectivity index (χ1) is 7.50. The lowest BCUT2D eigenvalue weighted by Gasteiger charge is -2.05. The summed E-state index contributed by atoms with van der Waals surface area (Å²) < 4.78 is 27.4. The van der Waals surface area contributed by atoms with E-state index < -0.39 is 17.3 Å². The summed E-state index contributed by atoms with van der Waals surface area (Å²) >= 11 is 7.78. The predicted molar refractivity (Wildman–Crippen MR) is 59.2 cm³/mol. The number of nitrogens with one attached hydrogen (secondary N) is 2. The fraction of sp³-hybridized carbons (Fsp3) is 0. The van der Waals surface area contributed by atoms with E-state index in [9.17, 15) is 13.6 Å². The SMILES string of the molecule is O=c1[nH][nH]c(=S)n1-c1c(F)cc(F)cc1Br. The smallest absolute Gasteiger partial charge is 0.272 e. The maximum Gasteiger partial charge on any atom is 0.347 e. The van der Waals surface area contributed by atoms with E-state index in [0.717, 1.165) is 10.6 Å². The van der Waals surface area contributed by atoms with Gasteiger partial charge in [0.25, 0.3) is 0 Å². The van der Waals surface area contributed by atoms with E-state index >= 15 is 0 Å². The highest BCUT2D eigenvalue weighted by Crippen LogP contribution is 2.24. The van der Waals surface area contributed by atoms with Crippen LogP contribution in [-0.4, -0.2) is 14.8 Å². The van der Waals surface area contributed by atoms with Crippen molar-refractivity contribution in [2.75, 3.05) is 0 Å². The van der Waals surface area contributed by atoms with Crippen molar-refractivity contribution in [1.29, 1.82) is 0 Å².